The van der Waals surface area contributed by atoms with Gasteiger partial charge in [0.1, 0.15) is 23.0 Å². The minimum Gasteiger partial charge on any atom is -0.355 e. The molecule has 0 saturated carbocycles. The Labute approximate surface area is 110 Å². The van der Waals surface area contributed by atoms with Crippen LogP contribution in [-0.2, 0) is 19.0 Å². The fourth-order valence-electron chi connectivity index (χ4n) is 2.70. The molecule has 3 fully saturated rings. The fourth-order valence-corrected chi connectivity index (χ4v) is 6.96. The van der Waals surface area contributed by atoms with Crippen LogP contribution in [0.5, 0.6) is 0 Å². The van der Waals surface area contributed by atoms with Crippen LogP contribution < -0.4 is 0 Å². The van der Waals surface area contributed by atoms with E-state index in [0.717, 1.165) is 0 Å². The van der Waals surface area contributed by atoms with Gasteiger partial charge >= 0.3 is 0 Å². The van der Waals surface area contributed by atoms with Gasteiger partial charge in [-0.1, -0.05) is 25.4 Å². The highest BCUT2D eigenvalue weighted by molar-refractivity contribution is 8.03. The van der Waals surface area contributed by atoms with Crippen LogP contribution in [0.1, 0.15) is 20.3 Å². The Morgan fingerprint density at radius 3 is 2.82 bits per heavy atom. The topological polar surface area (TPSA) is 52.6 Å². The first-order valence-corrected chi connectivity index (χ1v) is 8.62. The van der Waals surface area contributed by atoms with E-state index in [4.69, 9.17) is 20.5 Å². The van der Waals surface area contributed by atoms with Crippen molar-refractivity contribution < 1.29 is 17.3 Å². The summed E-state index contributed by atoms with van der Waals surface area (Å²) in [5.74, 6) is 0.203. The predicted molar refractivity (Wildman–Crippen MR) is 66.7 cm³/mol. The largest absolute Gasteiger partial charge is 0.355 e. The molecule has 2 bridgehead atoms. The van der Waals surface area contributed by atoms with Gasteiger partial charge in [-0.2, -0.15) is 8.42 Å². The number of ether oxygens (including phenoxy) is 1. The average molecular weight is 299 g/mol. The lowest BCUT2D eigenvalue weighted by Gasteiger charge is -2.27. The molecule has 0 aromatic heterocycles. The van der Waals surface area contributed by atoms with Crippen LogP contribution in [0.2, 0.25) is 0 Å². The Hall–Kier alpha value is 0.510. The van der Waals surface area contributed by atoms with Crippen LogP contribution in [0.15, 0.2) is 0 Å². The number of rotatable bonds is 3. The number of thioether (sulfide) groups is 1. The van der Waals surface area contributed by atoms with Gasteiger partial charge in [-0.3, -0.25) is 4.18 Å². The van der Waals surface area contributed by atoms with Crippen LogP contribution >= 0.6 is 23.4 Å². The summed E-state index contributed by atoms with van der Waals surface area (Å²) in [4.78, 5) is 0. The normalized spacial score (nSPS) is 47.9. The summed E-state index contributed by atoms with van der Waals surface area (Å²) in [6, 6.07) is 0. The molecule has 17 heavy (non-hydrogen) atoms. The van der Waals surface area contributed by atoms with Crippen molar-refractivity contribution in [3.8, 4) is 0 Å². The van der Waals surface area contributed by atoms with Crippen LogP contribution in [-0.4, -0.2) is 41.9 Å². The number of halogens is 1. The van der Waals surface area contributed by atoms with E-state index in [1.54, 1.807) is 11.8 Å². The summed E-state index contributed by atoms with van der Waals surface area (Å²) in [6.45, 7) is 3.96. The van der Waals surface area contributed by atoms with E-state index in [1.807, 2.05) is 13.8 Å². The van der Waals surface area contributed by atoms with E-state index in [-0.39, 0.29) is 39.4 Å². The molecule has 6 atom stereocenters. The summed E-state index contributed by atoms with van der Waals surface area (Å²) >= 11 is 7.79. The standard InChI is InChI=1S/C10H15ClO4S2/c1-4(2)10(11)14-7-5-3-6-9(16-5)8(7)15-17(6,12)13/h4-10H,3H2,1-2H3. The van der Waals surface area contributed by atoms with Gasteiger partial charge in [-0.15, -0.1) is 11.8 Å². The summed E-state index contributed by atoms with van der Waals surface area (Å²) in [6.07, 6.45) is 0.137. The van der Waals surface area contributed by atoms with Crippen LogP contribution in [0.25, 0.3) is 0 Å². The fraction of sp³-hybridized carbons (Fsp3) is 1.00. The van der Waals surface area contributed by atoms with Crippen molar-refractivity contribution >= 4 is 33.5 Å². The van der Waals surface area contributed by atoms with E-state index in [0.29, 0.717) is 6.42 Å². The van der Waals surface area contributed by atoms with Gasteiger partial charge in [0.2, 0.25) is 0 Å². The maximum Gasteiger partial charge on any atom is 0.271 e. The lowest BCUT2D eigenvalue weighted by Crippen LogP contribution is -2.42. The van der Waals surface area contributed by atoms with Gasteiger partial charge < -0.3 is 4.74 Å². The highest BCUT2D eigenvalue weighted by atomic mass is 35.5. The smallest absolute Gasteiger partial charge is 0.271 e. The maximum absolute atomic E-state index is 11.7. The highest BCUT2D eigenvalue weighted by Crippen LogP contribution is 2.56. The van der Waals surface area contributed by atoms with Gasteiger partial charge in [-0.05, 0) is 12.3 Å². The molecular formula is C10H15ClO4S2. The second-order valence-electron chi connectivity index (χ2n) is 5.16. The van der Waals surface area contributed by atoms with Gasteiger partial charge in [0, 0.05) is 5.25 Å². The first-order valence-electron chi connectivity index (χ1n) is 5.77. The Bertz CT molecular complexity index is 424. The minimum atomic E-state index is -3.36. The number of alkyl halides is 1. The third-order valence-corrected chi connectivity index (χ3v) is 7.82. The summed E-state index contributed by atoms with van der Waals surface area (Å²) in [5, 5.41) is -0.0616. The van der Waals surface area contributed by atoms with Crippen molar-refractivity contribution in [2.24, 2.45) is 5.92 Å². The summed E-state index contributed by atoms with van der Waals surface area (Å²) < 4.78 is 34.4. The van der Waals surface area contributed by atoms with Gasteiger partial charge in [0.25, 0.3) is 10.1 Å². The minimum absolute atomic E-state index is 0.0472. The third-order valence-electron chi connectivity index (χ3n) is 3.60. The highest BCUT2D eigenvalue weighted by Gasteiger charge is 2.65. The molecule has 0 amide bonds. The molecule has 7 heteroatoms. The number of fused-ring (bicyclic) bond motifs is 1. The monoisotopic (exact) mass is 298 g/mol. The summed E-state index contributed by atoms with van der Waals surface area (Å²) in [5.41, 5.74) is -0.384. The van der Waals surface area contributed by atoms with E-state index < -0.39 is 10.1 Å². The SMILES string of the molecule is CC(C)C(Cl)OC1C2CC3C(S2)C1OS3(=O)=O. The van der Waals surface area contributed by atoms with Crippen LogP contribution in [0, 0.1) is 5.92 Å². The number of hydrogen-bond donors (Lipinski definition) is 0. The molecule has 98 valence electrons. The molecule has 0 radical (unpaired) electrons. The third kappa shape index (κ3) is 1.84. The Morgan fingerprint density at radius 1 is 1.47 bits per heavy atom. The van der Waals surface area contributed by atoms with Crippen LogP contribution in [0.3, 0.4) is 0 Å². The molecule has 3 heterocycles. The average Bonchev–Trinajstić information content (AvgIpc) is 2.81. The van der Waals surface area contributed by atoms with Crippen molar-refractivity contribution in [1.82, 2.24) is 0 Å². The van der Waals surface area contributed by atoms with Crippen molar-refractivity contribution in [3.05, 3.63) is 0 Å². The van der Waals surface area contributed by atoms with Crippen molar-refractivity contribution in [1.29, 1.82) is 0 Å². The molecule has 0 N–H and O–H groups in total. The van der Waals surface area contributed by atoms with Crippen molar-refractivity contribution in [2.45, 2.75) is 53.8 Å². The zero-order valence-corrected chi connectivity index (χ0v) is 12.0. The number of hydrogen-bond acceptors (Lipinski definition) is 5. The lowest BCUT2D eigenvalue weighted by molar-refractivity contribution is -0.0439. The molecule has 0 aromatic rings. The van der Waals surface area contributed by atoms with Crippen molar-refractivity contribution in [2.75, 3.05) is 0 Å². The molecule has 3 aliphatic heterocycles. The quantitative estimate of drug-likeness (QED) is 0.585. The molecule has 6 unspecified atom stereocenters. The molecule has 3 saturated heterocycles. The Kier molecular flexibility index (Phi) is 2.95. The van der Waals surface area contributed by atoms with Gasteiger partial charge in [0.15, 0.2) is 0 Å². The van der Waals surface area contributed by atoms with Crippen molar-refractivity contribution in [3.63, 3.8) is 0 Å². The maximum atomic E-state index is 11.7. The lowest BCUT2D eigenvalue weighted by atomic mass is 9.94. The first kappa shape index (κ1) is 12.5. The van der Waals surface area contributed by atoms with Gasteiger partial charge in [0.05, 0.1) is 5.25 Å². The first-order chi connectivity index (χ1) is 7.90. The predicted octanol–water partition coefficient (Wildman–Crippen LogP) is 1.58. The van der Waals surface area contributed by atoms with E-state index in [9.17, 15) is 8.42 Å². The molecular weight excluding hydrogens is 284 g/mol. The molecule has 0 spiro atoms. The zero-order valence-electron chi connectivity index (χ0n) is 9.58. The molecule has 0 aromatic carbocycles. The zero-order chi connectivity index (χ0) is 12.4. The second kappa shape index (κ2) is 4.00. The molecule has 3 rings (SSSR count). The molecule has 0 aliphatic carbocycles. The molecule has 3 aliphatic rings. The van der Waals surface area contributed by atoms with Gasteiger partial charge in [-0.25, -0.2) is 0 Å². The molecule has 4 nitrogen and oxygen atoms in total. The Balaban J connectivity index is 1.78. The summed E-state index contributed by atoms with van der Waals surface area (Å²) in [7, 11) is -3.36. The van der Waals surface area contributed by atoms with E-state index in [2.05, 4.69) is 0 Å². The van der Waals surface area contributed by atoms with E-state index >= 15 is 0 Å². The van der Waals surface area contributed by atoms with E-state index in [1.165, 1.54) is 0 Å². The van der Waals surface area contributed by atoms with Crippen LogP contribution in [0.4, 0.5) is 0 Å². The second-order valence-corrected chi connectivity index (χ2v) is 8.80. The Morgan fingerprint density at radius 2 is 2.18 bits per heavy atom.